The second-order valence-corrected chi connectivity index (χ2v) is 6.88. The minimum absolute atomic E-state index is 0.258. The molecule has 26 heavy (non-hydrogen) atoms. The van der Waals surface area contributed by atoms with Gasteiger partial charge in [-0.25, -0.2) is 4.39 Å². The molecule has 0 bridgehead atoms. The van der Waals surface area contributed by atoms with Crippen molar-refractivity contribution >= 4 is 27.6 Å². The van der Waals surface area contributed by atoms with E-state index in [1.54, 1.807) is 6.26 Å². The Bertz CT molecular complexity index is 1060. The number of fused-ring (bicyclic) bond motifs is 2. The number of piperazine rings is 1. The van der Waals surface area contributed by atoms with Crippen LogP contribution in [0.25, 0.3) is 21.9 Å². The average Bonchev–Trinajstić information content (AvgIpc) is 3.29. The average molecular weight is 349 g/mol. The minimum atomic E-state index is -0.258. The van der Waals surface area contributed by atoms with E-state index in [9.17, 15) is 4.39 Å². The van der Waals surface area contributed by atoms with Gasteiger partial charge in [0.1, 0.15) is 11.4 Å². The molecule has 0 radical (unpaired) electrons. The van der Waals surface area contributed by atoms with Crippen LogP contribution in [0.1, 0.15) is 5.56 Å². The van der Waals surface area contributed by atoms with Gasteiger partial charge in [0.2, 0.25) is 0 Å². The second-order valence-electron chi connectivity index (χ2n) is 6.88. The van der Waals surface area contributed by atoms with E-state index in [0.29, 0.717) is 5.58 Å². The minimum Gasteiger partial charge on any atom is -0.464 e. The van der Waals surface area contributed by atoms with Crippen molar-refractivity contribution in [2.45, 2.75) is 6.54 Å². The van der Waals surface area contributed by atoms with Gasteiger partial charge >= 0.3 is 0 Å². The highest BCUT2D eigenvalue weighted by atomic mass is 19.1. The molecular weight excluding hydrogens is 329 g/mol. The fourth-order valence-electron chi connectivity index (χ4n) is 3.91. The van der Waals surface area contributed by atoms with Crippen LogP contribution in [0.5, 0.6) is 0 Å². The van der Waals surface area contributed by atoms with E-state index in [-0.39, 0.29) is 5.82 Å². The molecule has 0 atom stereocenters. The number of anilines is 1. The number of nitrogens with one attached hydrogen (secondary N) is 1. The first kappa shape index (κ1) is 15.5. The van der Waals surface area contributed by atoms with Crippen molar-refractivity contribution in [1.29, 1.82) is 0 Å². The van der Waals surface area contributed by atoms with Crippen LogP contribution < -0.4 is 4.90 Å². The normalized spacial score (nSPS) is 16.0. The van der Waals surface area contributed by atoms with Crippen LogP contribution in [0.3, 0.4) is 0 Å². The number of hydrogen-bond donors (Lipinski definition) is 1. The molecule has 5 heteroatoms. The molecule has 1 fully saturated rings. The third-order valence-corrected chi connectivity index (χ3v) is 5.30. The van der Waals surface area contributed by atoms with Crippen LogP contribution in [-0.4, -0.2) is 36.1 Å². The number of nitrogens with zero attached hydrogens (tertiary/aromatic N) is 2. The highest BCUT2D eigenvalue weighted by Gasteiger charge is 2.20. The number of aromatic nitrogens is 1. The number of furan rings is 1. The third-order valence-electron chi connectivity index (χ3n) is 5.30. The lowest BCUT2D eigenvalue weighted by molar-refractivity contribution is 0.250. The molecule has 2 aromatic heterocycles. The molecule has 3 heterocycles. The van der Waals surface area contributed by atoms with Gasteiger partial charge in [-0.2, -0.15) is 0 Å². The first-order valence-corrected chi connectivity index (χ1v) is 8.97. The molecule has 1 saturated heterocycles. The van der Waals surface area contributed by atoms with Crippen molar-refractivity contribution in [2.24, 2.45) is 0 Å². The molecule has 4 nitrogen and oxygen atoms in total. The standard InChI is InChI=1S/C21H20FN3O/c22-16-4-5-17-15(14-26-21(17)12-16)13-24-8-10-25(11-9-24)20-3-1-2-19-18(20)6-7-23-19/h1-7,12,14,23H,8-11,13H2. The topological polar surface area (TPSA) is 35.4 Å². The summed E-state index contributed by atoms with van der Waals surface area (Å²) in [5, 5.41) is 2.29. The zero-order valence-electron chi connectivity index (χ0n) is 14.4. The molecule has 132 valence electrons. The first-order chi connectivity index (χ1) is 12.8. The van der Waals surface area contributed by atoms with Crippen molar-refractivity contribution in [3.63, 3.8) is 0 Å². The molecule has 1 aliphatic rings. The largest absolute Gasteiger partial charge is 0.464 e. The molecule has 1 N–H and O–H groups in total. The lowest BCUT2D eigenvalue weighted by Gasteiger charge is -2.36. The Balaban J connectivity index is 1.30. The van der Waals surface area contributed by atoms with E-state index in [2.05, 4.69) is 39.0 Å². The molecule has 1 aliphatic heterocycles. The number of rotatable bonds is 3. The predicted molar refractivity (Wildman–Crippen MR) is 102 cm³/mol. The van der Waals surface area contributed by atoms with E-state index in [4.69, 9.17) is 4.42 Å². The van der Waals surface area contributed by atoms with Gasteiger partial charge in [0.05, 0.1) is 6.26 Å². The summed E-state index contributed by atoms with van der Waals surface area (Å²) in [6.45, 7) is 4.81. The highest BCUT2D eigenvalue weighted by molar-refractivity contribution is 5.92. The molecule has 4 aromatic rings. The van der Waals surface area contributed by atoms with Crippen molar-refractivity contribution in [2.75, 3.05) is 31.1 Å². The maximum atomic E-state index is 13.3. The zero-order valence-corrected chi connectivity index (χ0v) is 14.4. The molecule has 5 rings (SSSR count). The van der Waals surface area contributed by atoms with E-state index in [1.807, 2.05) is 12.3 Å². The van der Waals surface area contributed by atoms with Crippen molar-refractivity contribution in [1.82, 2.24) is 9.88 Å². The van der Waals surface area contributed by atoms with Crippen LogP contribution in [0, 0.1) is 5.82 Å². The monoisotopic (exact) mass is 349 g/mol. The van der Waals surface area contributed by atoms with Crippen LogP contribution in [0.2, 0.25) is 0 Å². The van der Waals surface area contributed by atoms with Crippen LogP contribution >= 0.6 is 0 Å². The number of aromatic amines is 1. The number of hydrogen-bond acceptors (Lipinski definition) is 3. The summed E-state index contributed by atoms with van der Waals surface area (Å²) in [6.07, 6.45) is 3.76. The number of benzene rings is 2. The summed E-state index contributed by atoms with van der Waals surface area (Å²) in [4.78, 5) is 8.17. The quantitative estimate of drug-likeness (QED) is 0.596. The lowest BCUT2D eigenvalue weighted by atomic mass is 10.1. The molecular formula is C21H20FN3O. The van der Waals surface area contributed by atoms with Crippen molar-refractivity contribution in [3.05, 3.63) is 66.3 Å². The summed E-state index contributed by atoms with van der Waals surface area (Å²) in [5.74, 6) is -0.258. The van der Waals surface area contributed by atoms with Crippen LogP contribution in [0.15, 0.2) is 59.3 Å². The Morgan fingerprint density at radius 3 is 2.77 bits per heavy atom. The summed E-state index contributed by atoms with van der Waals surface area (Å²) < 4.78 is 18.8. The van der Waals surface area contributed by atoms with E-state index < -0.39 is 0 Å². The van der Waals surface area contributed by atoms with Crippen LogP contribution in [0.4, 0.5) is 10.1 Å². The summed E-state index contributed by atoms with van der Waals surface area (Å²) in [6, 6.07) is 13.3. The Kier molecular flexibility index (Phi) is 3.68. The molecule has 2 aromatic carbocycles. The highest BCUT2D eigenvalue weighted by Crippen LogP contribution is 2.28. The number of H-pyrrole nitrogens is 1. The molecule has 0 aliphatic carbocycles. The van der Waals surface area contributed by atoms with Gasteiger partial charge in [0.15, 0.2) is 0 Å². The molecule has 0 amide bonds. The van der Waals surface area contributed by atoms with Gasteiger partial charge < -0.3 is 14.3 Å². The van der Waals surface area contributed by atoms with Gasteiger partial charge in [-0.3, -0.25) is 4.90 Å². The second kappa shape index (κ2) is 6.18. The summed E-state index contributed by atoms with van der Waals surface area (Å²) >= 11 is 0. The molecule has 0 unspecified atom stereocenters. The van der Waals surface area contributed by atoms with Gasteiger partial charge in [-0.1, -0.05) is 6.07 Å². The Labute approximate surface area is 150 Å². The maximum absolute atomic E-state index is 13.3. The van der Waals surface area contributed by atoms with Gasteiger partial charge in [-0.15, -0.1) is 0 Å². The third kappa shape index (κ3) is 2.65. The fraction of sp³-hybridized carbons (Fsp3) is 0.238. The van der Waals surface area contributed by atoms with E-state index in [1.165, 1.54) is 28.7 Å². The number of halogens is 1. The smallest absolute Gasteiger partial charge is 0.137 e. The van der Waals surface area contributed by atoms with Crippen molar-refractivity contribution < 1.29 is 8.81 Å². The van der Waals surface area contributed by atoms with E-state index in [0.717, 1.165) is 43.7 Å². The SMILES string of the molecule is Fc1ccc2c(CN3CCN(c4cccc5[nH]ccc45)CC3)coc2c1. The van der Waals surface area contributed by atoms with Gasteiger partial charge in [0.25, 0.3) is 0 Å². The molecule has 0 saturated carbocycles. The Morgan fingerprint density at radius 1 is 1.00 bits per heavy atom. The molecule has 0 spiro atoms. The summed E-state index contributed by atoms with van der Waals surface area (Å²) in [5.41, 5.74) is 4.23. The zero-order chi connectivity index (χ0) is 17.5. The van der Waals surface area contributed by atoms with Gasteiger partial charge in [-0.05, 0) is 30.3 Å². The van der Waals surface area contributed by atoms with Crippen molar-refractivity contribution in [3.8, 4) is 0 Å². The summed E-state index contributed by atoms with van der Waals surface area (Å²) in [7, 11) is 0. The first-order valence-electron chi connectivity index (χ1n) is 8.97. The fourth-order valence-corrected chi connectivity index (χ4v) is 3.91. The lowest BCUT2D eigenvalue weighted by Crippen LogP contribution is -2.46. The maximum Gasteiger partial charge on any atom is 0.137 e. The Morgan fingerprint density at radius 2 is 1.88 bits per heavy atom. The Hall–Kier alpha value is -2.79. The van der Waals surface area contributed by atoms with E-state index >= 15 is 0 Å². The van der Waals surface area contributed by atoms with Gasteiger partial charge in [0, 0.05) is 72.5 Å². The van der Waals surface area contributed by atoms with Crippen LogP contribution in [-0.2, 0) is 6.54 Å². The predicted octanol–water partition coefficient (Wildman–Crippen LogP) is 4.38.